The Bertz CT molecular complexity index is 593. The third kappa shape index (κ3) is 4.53. The number of benzene rings is 2. The van der Waals surface area contributed by atoms with Crippen LogP contribution in [-0.2, 0) is 17.6 Å². The molecule has 0 radical (unpaired) electrons. The number of methoxy groups -OCH3 is 1. The molecule has 0 heterocycles. The quantitative estimate of drug-likeness (QED) is 0.775. The molecule has 21 heavy (non-hydrogen) atoms. The first-order valence-electron chi connectivity index (χ1n) is 6.72. The van der Waals surface area contributed by atoms with Crippen LogP contribution in [0.1, 0.15) is 11.1 Å². The summed E-state index contributed by atoms with van der Waals surface area (Å²) < 4.78 is 10.9. The second kappa shape index (κ2) is 7.33. The van der Waals surface area contributed by atoms with Gasteiger partial charge in [-0.05, 0) is 23.3 Å². The molecule has 0 aliphatic rings. The molecule has 0 aliphatic carbocycles. The van der Waals surface area contributed by atoms with Crippen LogP contribution in [0.15, 0.2) is 48.5 Å². The van der Waals surface area contributed by atoms with Crippen molar-refractivity contribution in [3.05, 3.63) is 59.7 Å². The summed E-state index contributed by atoms with van der Waals surface area (Å²) >= 11 is 0. The van der Waals surface area contributed by atoms with Crippen LogP contribution in [0.5, 0.6) is 11.5 Å². The Balaban J connectivity index is 1.97. The Morgan fingerprint density at radius 2 is 1.81 bits per heavy atom. The van der Waals surface area contributed by atoms with Gasteiger partial charge >= 0.3 is 0 Å². The number of carbonyl (C=O) groups is 1. The molecule has 0 aliphatic heterocycles. The lowest BCUT2D eigenvalue weighted by Crippen LogP contribution is -2.24. The van der Waals surface area contributed by atoms with Crippen LogP contribution in [-0.4, -0.2) is 19.7 Å². The molecule has 0 unspecified atom stereocenters. The van der Waals surface area contributed by atoms with Crippen LogP contribution in [0, 0.1) is 0 Å². The molecule has 4 heteroatoms. The van der Waals surface area contributed by atoms with Gasteiger partial charge in [-0.2, -0.15) is 0 Å². The Morgan fingerprint density at radius 3 is 2.48 bits per heavy atom. The highest BCUT2D eigenvalue weighted by molar-refractivity contribution is 5.68. The van der Waals surface area contributed by atoms with E-state index in [-0.39, 0.29) is 6.42 Å². The molecular formula is C17H17O4-. The number of hydrogen-bond acceptors (Lipinski definition) is 4. The van der Waals surface area contributed by atoms with Gasteiger partial charge < -0.3 is 19.4 Å². The SMILES string of the molecule is COc1cc(CC(=O)[O-])ccc1OCCc1ccccc1. The molecule has 4 nitrogen and oxygen atoms in total. The van der Waals surface area contributed by atoms with Gasteiger partial charge in [0.05, 0.1) is 13.7 Å². The maximum atomic E-state index is 10.6. The van der Waals surface area contributed by atoms with Crippen LogP contribution in [0.3, 0.4) is 0 Å². The number of carboxylic acids is 1. The van der Waals surface area contributed by atoms with Crippen molar-refractivity contribution in [2.45, 2.75) is 12.8 Å². The molecule has 0 fully saturated rings. The first kappa shape index (κ1) is 14.9. The van der Waals surface area contributed by atoms with Crippen LogP contribution in [0.25, 0.3) is 0 Å². The summed E-state index contributed by atoms with van der Waals surface area (Å²) in [5.41, 5.74) is 1.83. The third-order valence-electron chi connectivity index (χ3n) is 3.07. The molecule has 0 bridgehead atoms. The standard InChI is InChI=1S/C17H18O4/c1-20-16-11-14(12-17(18)19)7-8-15(16)21-10-9-13-5-3-2-4-6-13/h2-8,11H,9-10,12H2,1H3,(H,18,19)/p-1. The smallest absolute Gasteiger partial charge is 0.161 e. The maximum absolute atomic E-state index is 10.6. The Kier molecular flexibility index (Phi) is 5.21. The molecule has 2 aromatic carbocycles. The molecule has 2 rings (SSSR count). The first-order valence-corrected chi connectivity index (χ1v) is 6.72. The minimum Gasteiger partial charge on any atom is -0.550 e. The van der Waals surface area contributed by atoms with Gasteiger partial charge in [0.1, 0.15) is 0 Å². The highest BCUT2D eigenvalue weighted by atomic mass is 16.5. The van der Waals surface area contributed by atoms with E-state index in [2.05, 4.69) is 0 Å². The highest BCUT2D eigenvalue weighted by Crippen LogP contribution is 2.28. The van der Waals surface area contributed by atoms with Gasteiger partial charge in [0.15, 0.2) is 11.5 Å². The van der Waals surface area contributed by atoms with Crippen molar-refractivity contribution in [1.82, 2.24) is 0 Å². The van der Waals surface area contributed by atoms with E-state index in [9.17, 15) is 9.90 Å². The number of aliphatic carboxylic acids is 1. The summed E-state index contributed by atoms with van der Waals surface area (Å²) in [6.45, 7) is 0.528. The fourth-order valence-corrected chi connectivity index (χ4v) is 2.03. The fourth-order valence-electron chi connectivity index (χ4n) is 2.03. The number of carbonyl (C=O) groups excluding carboxylic acids is 1. The molecule has 2 aromatic rings. The summed E-state index contributed by atoms with van der Waals surface area (Å²) in [7, 11) is 1.53. The number of ether oxygens (including phenoxy) is 2. The van der Waals surface area contributed by atoms with Gasteiger partial charge in [-0.15, -0.1) is 0 Å². The van der Waals surface area contributed by atoms with Crippen LogP contribution < -0.4 is 14.6 Å². The van der Waals surface area contributed by atoms with E-state index in [1.807, 2.05) is 30.3 Å². The molecule has 0 atom stereocenters. The van der Waals surface area contributed by atoms with E-state index in [0.29, 0.717) is 23.7 Å². The zero-order valence-corrected chi connectivity index (χ0v) is 11.9. The van der Waals surface area contributed by atoms with Gasteiger partial charge in [0.2, 0.25) is 0 Å². The van der Waals surface area contributed by atoms with E-state index in [1.54, 1.807) is 18.2 Å². The van der Waals surface area contributed by atoms with E-state index < -0.39 is 5.97 Å². The third-order valence-corrected chi connectivity index (χ3v) is 3.07. The average Bonchev–Trinajstić information content (AvgIpc) is 2.49. The Labute approximate surface area is 123 Å². The Morgan fingerprint density at radius 1 is 1.05 bits per heavy atom. The average molecular weight is 285 g/mol. The molecule has 0 amide bonds. The molecule has 0 N–H and O–H groups in total. The second-order valence-electron chi connectivity index (χ2n) is 4.62. The van der Waals surface area contributed by atoms with Crippen molar-refractivity contribution < 1.29 is 19.4 Å². The van der Waals surface area contributed by atoms with Crippen molar-refractivity contribution in [3.63, 3.8) is 0 Å². The van der Waals surface area contributed by atoms with Gasteiger partial charge in [-0.3, -0.25) is 0 Å². The lowest BCUT2D eigenvalue weighted by molar-refractivity contribution is -0.304. The lowest BCUT2D eigenvalue weighted by atomic mass is 10.1. The van der Waals surface area contributed by atoms with Crippen molar-refractivity contribution in [3.8, 4) is 11.5 Å². The molecule has 0 saturated carbocycles. The fraction of sp³-hybridized carbons (Fsp3) is 0.235. The predicted molar refractivity (Wildman–Crippen MR) is 77.3 cm³/mol. The normalized spacial score (nSPS) is 10.1. The van der Waals surface area contributed by atoms with E-state index in [1.165, 1.54) is 12.7 Å². The molecular weight excluding hydrogens is 268 g/mol. The highest BCUT2D eigenvalue weighted by Gasteiger charge is 2.06. The summed E-state index contributed by atoms with van der Waals surface area (Å²) in [6, 6.07) is 15.1. The van der Waals surface area contributed by atoms with Gasteiger partial charge in [0.25, 0.3) is 0 Å². The largest absolute Gasteiger partial charge is 0.550 e. The number of rotatable bonds is 7. The number of carboxylic acid groups (broad SMARTS) is 1. The van der Waals surface area contributed by atoms with Crippen molar-refractivity contribution in [1.29, 1.82) is 0 Å². The zero-order valence-electron chi connectivity index (χ0n) is 11.9. The molecule has 110 valence electrons. The zero-order chi connectivity index (χ0) is 15.1. The van der Waals surface area contributed by atoms with Gasteiger partial charge in [-0.25, -0.2) is 0 Å². The van der Waals surface area contributed by atoms with Crippen LogP contribution >= 0.6 is 0 Å². The summed E-state index contributed by atoms with van der Waals surface area (Å²) in [6.07, 6.45) is 0.658. The minimum absolute atomic E-state index is 0.138. The first-order chi connectivity index (χ1) is 10.2. The van der Waals surface area contributed by atoms with Crippen LogP contribution in [0.2, 0.25) is 0 Å². The topological polar surface area (TPSA) is 58.6 Å². The van der Waals surface area contributed by atoms with E-state index in [0.717, 1.165) is 6.42 Å². The lowest BCUT2D eigenvalue weighted by Gasteiger charge is -2.12. The van der Waals surface area contributed by atoms with Crippen LogP contribution in [0.4, 0.5) is 0 Å². The van der Waals surface area contributed by atoms with E-state index in [4.69, 9.17) is 9.47 Å². The van der Waals surface area contributed by atoms with Crippen molar-refractivity contribution in [2.24, 2.45) is 0 Å². The second-order valence-corrected chi connectivity index (χ2v) is 4.62. The summed E-state index contributed by atoms with van der Waals surface area (Å²) in [5, 5.41) is 10.6. The summed E-state index contributed by atoms with van der Waals surface area (Å²) in [4.78, 5) is 10.6. The molecule has 0 aromatic heterocycles. The maximum Gasteiger partial charge on any atom is 0.161 e. The van der Waals surface area contributed by atoms with Crippen molar-refractivity contribution in [2.75, 3.05) is 13.7 Å². The predicted octanol–water partition coefficient (Wildman–Crippen LogP) is 1.61. The van der Waals surface area contributed by atoms with E-state index >= 15 is 0 Å². The monoisotopic (exact) mass is 285 g/mol. The van der Waals surface area contributed by atoms with Gasteiger partial charge in [0, 0.05) is 18.8 Å². The number of hydrogen-bond donors (Lipinski definition) is 0. The Hall–Kier alpha value is -2.49. The minimum atomic E-state index is -1.12. The summed E-state index contributed by atoms with van der Waals surface area (Å²) in [5.74, 6) is 0.0205. The molecule has 0 saturated heterocycles. The van der Waals surface area contributed by atoms with Crippen molar-refractivity contribution >= 4 is 5.97 Å². The molecule has 0 spiro atoms. The van der Waals surface area contributed by atoms with Gasteiger partial charge in [-0.1, -0.05) is 36.4 Å².